The highest BCUT2D eigenvalue weighted by Gasteiger charge is 2.20. The van der Waals surface area contributed by atoms with Crippen LogP contribution in [0.3, 0.4) is 0 Å². The van der Waals surface area contributed by atoms with Crippen LogP contribution in [0.25, 0.3) is 0 Å². The van der Waals surface area contributed by atoms with Crippen LogP contribution in [0, 0.1) is 11.6 Å². The molecular weight excluding hydrogens is 336 g/mol. The fraction of sp³-hybridized carbons (Fsp3) is 0.0769. The molecule has 0 amide bonds. The Hall–Kier alpha value is -2.00. The van der Waals surface area contributed by atoms with E-state index in [9.17, 15) is 25.6 Å². The van der Waals surface area contributed by atoms with Gasteiger partial charge in [0.2, 0.25) is 0 Å². The monoisotopic (exact) mass is 347 g/mol. The van der Waals surface area contributed by atoms with Crippen LogP contribution < -0.4 is 4.72 Å². The van der Waals surface area contributed by atoms with Gasteiger partial charge in [-0.1, -0.05) is 0 Å². The average Bonchev–Trinajstić information content (AvgIpc) is 2.40. The summed E-state index contributed by atoms with van der Waals surface area (Å²) >= 11 is 0. The average molecular weight is 347 g/mol. The Morgan fingerprint density at radius 3 is 2.05 bits per heavy atom. The largest absolute Gasteiger partial charge is 0.280 e. The van der Waals surface area contributed by atoms with Crippen LogP contribution >= 0.6 is 0 Å². The second kappa shape index (κ2) is 5.65. The Morgan fingerprint density at radius 1 is 0.909 bits per heavy atom. The van der Waals surface area contributed by atoms with E-state index in [1.165, 1.54) is 24.3 Å². The van der Waals surface area contributed by atoms with Gasteiger partial charge in [-0.05, 0) is 42.5 Å². The van der Waals surface area contributed by atoms with Crippen LogP contribution in [-0.2, 0) is 19.9 Å². The molecule has 2 aromatic rings. The predicted molar refractivity (Wildman–Crippen MR) is 76.7 cm³/mol. The van der Waals surface area contributed by atoms with Gasteiger partial charge in [0.1, 0.15) is 16.5 Å². The zero-order chi connectivity index (χ0) is 16.5. The van der Waals surface area contributed by atoms with E-state index >= 15 is 0 Å². The Morgan fingerprint density at radius 2 is 1.50 bits per heavy atom. The van der Waals surface area contributed by atoms with E-state index in [0.29, 0.717) is 12.1 Å². The maximum atomic E-state index is 13.5. The van der Waals surface area contributed by atoms with Crippen LogP contribution in [0.15, 0.2) is 52.3 Å². The summed E-state index contributed by atoms with van der Waals surface area (Å²) in [5, 5.41) is 0. The molecule has 0 aliphatic heterocycles. The number of nitrogens with one attached hydrogen (secondary N) is 1. The third kappa shape index (κ3) is 3.60. The third-order valence-corrected chi connectivity index (χ3v) is 5.24. The normalized spacial score (nSPS) is 12.1. The van der Waals surface area contributed by atoms with Gasteiger partial charge in [0.25, 0.3) is 10.0 Å². The molecule has 0 bridgehead atoms. The SMILES string of the molecule is CS(=O)(=O)c1ccc(NS(=O)(=O)c2cc(F)ccc2F)cc1. The number of hydrogen-bond acceptors (Lipinski definition) is 4. The van der Waals surface area contributed by atoms with Gasteiger partial charge >= 0.3 is 0 Å². The summed E-state index contributed by atoms with van der Waals surface area (Å²) in [6, 6.07) is 6.90. The molecule has 5 nitrogen and oxygen atoms in total. The van der Waals surface area contributed by atoms with Crippen molar-refractivity contribution in [2.24, 2.45) is 0 Å². The zero-order valence-corrected chi connectivity index (χ0v) is 12.9. The van der Waals surface area contributed by atoms with Crippen molar-refractivity contribution in [1.29, 1.82) is 0 Å². The summed E-state index contributed by atoms with van der Waals surface area (Å²) in [6.07, 6.45) is 1.01. The van der Waals surface area contributed by atoms with Crippen molar-refractivity contribution >= 4 is 25.5 Å². The number of sulfonamides is 1. The number of rotatable bonds is 4. The number of halogens is 2. The minimum Gasteiger partial charge on any atom is -0.280 e. The first-order valence-corrected chi connectivity index (χ1v) is 9.25. The Kier molecular flexibility index (Phi) is 4.21. The first kappa shape index (κ1) is 16.4. The molecule has 1 N–H and O–H groups in total. The molecule has 2 rings (SSSR count). The molecule has 22 heavy (non-hydrogen) atoms. The first-order valence-electron chi connectivity index (χ1n) is 5.87. The zero-order valence-electron chi connectivity index (χ0n) is 11.2. The summed E-state index contributed by atoms with van der Waals surface area (Å²) in [4.78, 5) is -0.827. The van der Waals surface area contributed by atoms with Gasteiger partial charge < -0.3 is 0 Å². The second-order valence-corrected chi connectivity index (χ2v) is 8.14. The van der Waals surface area contributed by atoms with E-state index in [0.717, 1.165) is 12.3 Å². The van der Waals surface area contributed by atoms with E-state index in [1.807, 2.05) is 0 Å². The van der Waals surface area contributed by atoms with Crippen LogP contribution in [-0.4, -0.2) is 23.1 Å². The third-order valence-electron chi connectivity index (χ3n) is 2.72. The number of benzene rings is 2. The van der Waals surface area contributed by atoms with Crippen molar-refractivity contribution in [2.75, 3.05) is 11.0 Å². The van der Waals surface area contributed by atoms with E-state index in [-0.39, 0.29) is 10.6 Å². The van der Waals surface area contributed by atoms with Crippen molar-refractivity contribution in [3.8, 4) is 0 Å². The highest BCUT2D eigenvalue weighted by molar-refractivity contribution is 7.92. The number of hydrogen-bond donors (Lipinski definition) is 1. The lowest BCUT2D eigenvalue weighted by Crippen LogP contribution is -2.15. The van der Waals surface area contributed by atoms with Gasteiger partial charge in [-0.3, -0.25) is 4.72 Å². The van der Waals surface area contributed by atoms with E-state index in [2.05, 4.69) is 4.72 Å². The highest BCUT2D eigenvalue weighted by atomic mass is 32.2. The highest BCUT2D eigenvalue weighted by Crippen LogP contribution is 2.21. The Bertz CT molecular complexity index is 908. The maximum absolute atomic E-state index is 13.5. The van der Waals surface area contributed by atoms with Gasteiger partial charge in [-0.25, -0.2) is 25.6 Å². The molecule has 2 aromatic carbocycles. The fourth-order valence-electron chi connectivity index (χ4n) is 1.66. The Balaban J connectivity index is 2.35. The lowest BCUT2D eigenvalue weighted by atomic mass is 10.3. The van der Waals surface area contributed by atoms with Crippen LogP contribution in [0.4, 0.5) is 14.5 Å². The molecule has 0 unspecified atom stereocenters. The van der Waals surface area contributed by atoms with Crippen molar-refractivity contribution in [1.82, 2.24) is 0 Å². The topological polar surface area (TPSA) is 80.3 Å². The molecule has 0 atom stereocenters. The summed E-state index contributed by atoms with van der Waals surface area (Å²) in [5.41, 5.74) is 0.0241. The molecule has 0 saturated heterocycles. The summed E-state index contributed by atoms with van der Waals surface area (Å²) in [5.74, 6) is -1.99. The minimum absolute atomic E-state index is 0.00684. The number of sulfone groups is 1. The Labute approximate surface area is 126 Å². The summed E-state index contributed by atoms with van der Waals surface area (Å²) < 4.78 is 75.3. The molecule has 9 heteroatoms. The van der Waals surface area contributed by atoms with Gasteiger partial charge in [0, 0.05) is 11.9 Å². The van der Waals surface area contributed by atoms with Crippen LogP contribution in [0.1, 0.15) is 0 Å². The van der Waals surface area contributed by atoms with Crippen molar-refractivity contribution < 1.29 is 25.6 Å². The second-order valence-electron chi connectivity index (χ2n) is 4.48. The van der Waals surface area contributed by atoms with E-state index in [4.69, 9.17) is 0 Å². The van der Waals surface area contributed by atoms with Gasteiger partial charge in [-0.15, -0.1) is 0 Å². The van der Waals surface area contributed by atoms with Crippen molar-refractivity contribution in [3.63, 3.8) is 0 Å². The molecule has 0 aromatic heterocycles. The lowest BCUT2D eigenvalue weighted by molar-refractivity contribution is 0.555. The standard InChI is InChI=1S/C13H11F2NO4S2/c1-21(17,18)11-5-3-10(4-6-11)16-22(19,20)13-8-9(14)2-7-12(13)15/h2-8,16H,1H3. The summed E-state index contributed by atoms with van der Waals surface area (Å²) in [6.45, 7) is 0. The molecule has 0 aliphatic rings. The molecule has 118 valence electrons. The van der Waals surface area contributed by atoms with Gasteiger partial charge in [0.05, 0.1) is 4.90 Å². The molecule has 0 fully saturated rings. The molecular formula is C13H11F2NO4S2. The molecule has 0 spiro atoms. The quantitative estimate of drug-likeness (QED) is 0.919. The minimum atomic E-state index is -4.33. The van der Waals surface area contributed by atoms with E-state index in [1.54, 1.807) is 0 Å². The van der Waals surface area contributed by atoms with Crippen molar-refractivity contribution in [2.45, 2.75) is 9.79 Å². The predicted octanol–water partition coefficient (Wildman–Crippen LogP) is 2.17. The molecule has 0 saturated carbocycles. The van der Waals surface area contributed by atoms with Crippen LogP contribution in [0.2, 0.25) is 0 Å². The van der Waals surface area contributed by atoms with Gasteiger partial charge in [0.15, 0.2) is 9.84 Å². The fourth-order valence-corrected chi connectivity index (χ4v) is 3.44. The van der Waals surface area contributed by atoms with E-state index < -0.39 is 36.4 Å². The smallest absolute Gasteiger partial charge is 0.264 e. The maximum Gasteiger partial charge on any atom is 0.264 e. The lowest BCUT2D eigenvalue weighted by Gasteiger charge is -2.09. The molecule has 0 aliphatic carbocycles. The number of anilines is 1. The molecule has 0 heterocycles. The molecule has 0 radical (unpaired) electrons. The first-order chi connectivity index (χ1) is 10.1. The summed E-state index contributed by atoms with van der Waals surface area (Å²) in [7, 11) is -7.74. The van der Waals surface area contributed by atoms with Gasteiger partial charge in [-0.2, -0.15) is 0 Å². The van der Waals surface area contributed by atoms with Crippen molar-refractivity contribution in [3.05, 3.63) is 54.1 Å². The van der Waals surface area contributed by atoms with Crippen LogP contribution in [0.5, 0.6) is 0 Å².